The molecule has 18 heavy (non-hydrogen) atoms. The molecule has 92 valence electrons. The Morgan fingerprint density at radius 2 is 2.00 bits per heavy atom. The highest BCUT2D eigenvalue weighted by Crippen LogP contribution is 2.31. The van der Waals surface area contributed by atoms with E-state index in [4.69, 9.17) is 32.7 Å². The van der Waals surface area contributed by atoms with Crippen molar-refractivity contribution in [3.63, 3.8) is 0 Å². The largest absolute Gasteiger partial charge is 0.478 e. The summed E-state index contributed by atoms with van der Waals surface area (Å²) in [4.78, 5) is 10.4. The van der Waals surface area contributed by atoms with Crippen LogP contribution >= 0.6 is 23.2 Å². The van der Waals surface area contributed by atoms with E-state index in [0.29, 0.717) is 27.1 Å². The fourth-order valence-electron chi connectivity index (χ4n) is 1.43. The van der Waals surface area contributed by atoms with Gasteiger partial charge in [0.2, 0.25) is 0 Å². The van der Waals surface area contributed by atoms with Crippen molar-refractivity contribution in [3.05, 3.63) is 52.2 Å². The fraction of sp³-hybridized carbons (Fsp3) is 0. The Kier molecular flexibility index (Phi) is 3.75. The van der Waals surface area contributed by atoms with Gasteiger partial charge in [-0.15, -0.1) is 0 Å². The van der Waals surface area contributed by atoms with Crippen LogP contribution in [0, 0.1) is 0 Å². The van der Waals surface area contributed by atoms with Crippen molar-refractivity contribution in [2.45, 2.75) is 0 Å². The van der Waals surface area contributed by atoms with Crippen LogP contribution in [0.5, 0.6) is 0 Å². The average Bonchev–Trinajstić information content (AvgIpc) is 2.75. The predicted octanol–water partition coefficient (Wildman–Crippen LogP) is 4.35. The molecule has 0 amide bonds. The van der Waals surface area contributed by atoms with Gasteiger partial charge >= 0.3 is 5.97 Å². The van der Waals surface area contributed by atoms with E-state index in [1.807, 2.05) is 0 Å². The van der Waals surface area contributed by atoms with Crippen LogP contribution in [0.2, 0.25) is 10.0 Å². The Morgan fingerprint density at radius 1 is 1.22 bits per heavy atom. The van der Waals surface area contributed by atoms with E-state index in [1.165, 1.54) is 6.08 Å². The zero-order chi connectivity index (χ0) is 13.1. The van der Waals surface area contributed by atoms with Crippen LogP contribution in [0.25, 0.3) is 17.4 Å². The van der Waals surface area contributed by atoms with Crippen molar-refractivity contribution < 1.29 is 14.3 Å². The molecule has 0 unspecified atom stereocenters. The molecular weight excluding hydrogens is 275 g/mol. The van der Waals surface area contributed by atoms with Crippen molar-refractivity contribution >= 4 is 35.2 Å². The summed E-state index contributed by atoms with van der Waals surface area (Å²) in [6, 6.07) is 8.45. The van der Waals surface area contributed by atoms with Crippen molar-refractivity contribution in [1.82, 2.24) is 0 Å². The number of furan rings is 1. The minimum atomic E-state index is -1.03. The number of carbonyl (C=O) groups is 1. The summed E-state index contributed by atoms with van der Waals surface area (Å²) < 4.78 is 5.46. The third-order valence-corrected chi connectivity index (χ3v) is 2.76. The highest BCUT2D eigenvalue weighted by Gasteiger charge is 2.08. The van der Waals surface area contributed by atoms with E-state index in [-0.39, 0.29) is 0 Å². The summed E-state index contributed by atoms with van der Waals surface area (Å²) in [5.41, 5.74) is 0.705. The summed E-state index contributed by atoms with van der Waals surface area (Å²) in [5, 5.41) is 9.53. The maximum Gasteiger partial charge on any atom is 0.328 e. The lowest BCUT2D eigenvalue weighted by Gasteiger charge is -2.00. The molecule has 0 aliphatic heterocycles. The van der Waals surface area contributed by atoms with Gasteiger partial charge in [0.05, 0.1) is 5.02 Å². The molecular formula is C13H8Cl2O3. The van der Waals surface area contributed by atoms with Gasteiger partial charge in [0.1, 0.15) is 11.5 Å². The summed E-state index contributed by atoms with van der Waals surface area (Å²) >= 11 is 11.8. The van der Waals surface area contributed by atoms with Gasteiger partial charge in [-0.05, 0) is 36.4 Å². The number of aliphatic carboxylic acids is 1. The van der Waals surface area contributed by atoms with Gasteiger partial charge in [0.15, 0.2) is 0 Å². The second kappa shape index (κ2) is 5.29. The molecule has 0 radical (unpaired) electrons. The van der Waals surface area contributed by atoms with Crippen LogP contribution in [-0.4, -0.2) is 11.1 Å². The van der Waals surface area contributed by atoms with Crippen LogP contribution in [0.1, 0.15) is 5.76 Å². The minimum absolute atomic E-state index is 0.443. The summed E-state index contributed by atoms with van der Waals surface area (Å²) in [6.07, 6.45) is 2.38. The number of carboxylic acids is 1. The van der Waals surface area contributed by atoms with E-state index < -0.39 is 5.97 Å². The lowest BCUT2D eigenvalue weighted by Crippen LogP contribution is -1.84. The van der Waals surface area contributed by atoms with Crippen molar-refractivity contribution in [1.29, 1.82) is 0 Å². The Labute approximate surface area is 113 Å². The first kappa shape index (κ1) is 12.7. The second-order valence-corrected chi connectivity index (χ2v) is 4.34. The van der Waals surface area contributed by atoms with Gasteiger partial charge in [-0.25, -0.2) is 4.79 Å². The lowest BCUT2D eigenvalue weighted by atomic mass is 10.2. The van der Waals surface area contributed by atoms with E-state index >= 15 is 0 Å². The van der Waals surface area contributed by atoms with E-state index in [1.54, 1.807) is 30.3 Å². The molecule has 1 aromatic heterocycles. The van der Waals surface area contributed by atoms with E-state index in [2.05, 4.69) is 0 Å². The molecule has 1 N–H and O–H groups in total. The van der Waals surface area contributed by atoms with E-state index in [0.717, 1.165) is 6.08 Å². The number of hydrogen-bond acceptors (Lipinski definition) is 2. The first-order valence-electron chi connectivity index (χ1n) is 5.02. The van der Waals surface area contributed by atoms with Crippen LogP contribution in [0.15, 0.2) is 40.8 Å². The Bertz CT molecular complexity index is 614. The second-order valence-electron chi connectivity index (χ2n) is 3.50. The quantitative estimate of drug-likeness (QED) is 0.852. The monoisotopic (exact) mass is 282 g/mol. The van der Waals surface area contributed by atoms with Gasteiger partial charge in [0, 0.05) is 16.7 Å². The molecule has 5 heteroatoms. The van der Waals surface area contributed by atoms with Gasteiger partial charge in [-0.3, -0.25) is 0 Å². The minimum Gasteiger partial charge on any atom is -0.478 e. The summed E-state index contributed by atoms with van der Waals surface area (Å²) in [6.45, 7) is 0. The fourth-order valence-corrected chi connectivity index (χ4v) is 1.93. The Hall–Kier alpha value is -1.71. The highest BCUT2D eigenvalue weighted by atomic mass is 35.5. The van der Waals surface area contributed by atoms with Gasteiger partial charge in [-0.1, -0.05) is 23.2 Å². The molecule has 0 saturated carbocycles. The van der Waals surface area contributed by atoms with Crippen LogP contribution in [0.3, 0.4) is 0 Å². The first-order chi connectivity index (χ1) is 8.56. The van der Waals surface area contributed by atoms with Gasteiger partial charge in [0.25, 0.3) is 0 Å². The van der Waals surface area contributed by atoms with Crippen LogP contribution in [-0.2, 0) is 4.79 Å². The number of hydrogen-bond donors (Lipinski definition) is 1. The molecule has 3 nitrogen and oxygen atoms in total. The van der Waals surface area contributed by atoms with Crippen molar-refractivity contribution in [2.24, 2.45) is 0 Å². The molecule has 2 rings (SSSR count). The standard InChI is InChI=1S/C13H8Cl2O3/c14-8-1-4-10(11(15)7-8)12-5-2-9(18-12)3-6-13(16)17/h1-7H,(H,16,17)/b6-3+. The Morgan fingerprint density at radius 3 is 2.67 bits per heavy atom. The maximum atomic E-state index is 10.4. The zero-order valence-corrected chi connectivity index (χ0v) is 10.6. The SMILES string of the molecule is O=C(O)/C=C/c1ccc(-c2ccc(Cl)cc2Cl)o1. The van der Waals surface area contributed by atoms with Crippen molar-refractivity contribution in [2.75, 3.05) is 0 Å². The number of rotatable bonds is 3. The molecule has 0 atom stereocenters. The summed E-state index contributed by atoms with van der Waals surface area (Å²) in [7, 11) is 0. The molecule has 0 bridgehead atoms. The Balaban J connectivity index is 2.32. The van der Waals surface area contributed by atoms with Crippen LogP contribution < -0.4 is 0 Å². The summed E-state index contributed by atoms with van der Waals surface area (Å²) in [5.74, 6) is -0.0300. The third kappa shape index (κ3) is 2.94. The smallest absolute Gasteiger partial charge is 0.328 e. The maximum absolute atomic E-state index is 10.4. The van der Waals surface area contributed by atoms with E-state index in [9.17, 15) is 4.79 Å². The van der Waals surface area contributed by atoms with Gasteiger partial charge < -0.3 is 9.52 Å². The molecule has 0 saturated heterocycles. The van der Waals surface area contributed by atoms with Crippen LogP contribution in [0.4, 0.5) is 0 Å². The molecule has 2 aromatic rings. The molecule has 0 aliphatic carbocycles. The third-order valence-electron chi connectivity index (χ3n) is 2.21. The number of benzene rings is 1. The normalized spacial score (nSPS) is 11.0. The molecule has 1 heterocycles. The number of halogens is 2. The molecule has 0 fully saturated rings. The lowest BCUT2D eigenvalue weighted by molar-refractivity contribution is -0.131. The first-order valence-corrected chi connectivity index (χ1v) is 5.78. The van der Waals surface area contributed by atoms with Gasteiger partial charge in [-0.2, -0.15) is 0 Å². The zero-order valence-electron chi connectivity index (χ0n) is 9.06. The number of carboxylic acid groups (broad SMARTS) is 1. The molecule has 1 aromatic carbocycles. The molecule has 0 aliphatic rings. The average molecular weight is 283 g/mol. The molecule has 0 spiro atoms. The predicted molar refractivity (Wildman–Crippen MR) is 70.8 cm³/mol. The topological polar surface area (TPSA) is 50.4 Å². The highest BCUT2D eigenvalue weighted by molar-refractivity contribution is 6.36. The van der Waals surface area contributed by atoms with Crippen molar-refractivity contribution in [3.8, 4) is 11.3 Å².